The molecule has 0 bridgehead atoms. The first kappa shape index (κ1) is 50.1. The molecule has 1 aliphatic carbocycles. The van der Waals surface area contributed by atoms with Crippen molar-refractivity contribution in [3.05, 3.63) is 0 Å². The van der Waals surface area contributed by atoms with Crippen molar-refractivity contribution in [1.29, 1.82) is 0 Å². The summed E-state index contributed by atoms with van der Waals surface area (Å²) in [6.45, 7) is 14.6. The number of aliphatic hydroxyl groups is 3. The van der Waals surface area contributed by atoms with E-state index in [2.05, 4.69) is 48.4 Å². The summed E-state index contributed by atoms with van der Waals surface area (Å²) in [5.74, 6) is 0.864. The van der Waals surface area contributed by atoms with Gasteiger partial charge in [-0.3, -0.25) is 18.7 Å². The van der Waals surface area contributed by atoms with E-state index in [9.17, 15) is 43.8 Å². The first-order valence-corrected chi connectivity index (χ1v) is 22.0. The minimum Gasteiger partial charge on any atom is -0.756 e. The average molecular weight is 836 g/mol. The fourth-order valence-electron chi connectivity index (χ4n) is 7.04. The molecular formula is C35H65O18P2-. The van der Waals surface area contributed by atoms with Crippen LogP contribution in [-0.2, 0) is 60.7 Å². The van der Waals surface area contributed by atoms with Crippen LogP contribution in [0.15, 0.2) is 0 Å². The molecule has 324 valence electrons. The molecule has 0 amide bonds. The summed E-state index contributed by atoms with van der Waals surface area (Å²) in [5.41, 5.74) is 0. The van der Waals surface area contributed by atoms with Gasteiger partial charge in [0, 0.05) is 34.2 Å². The Morgan fingerprint density at radius 3 is 1.84 bits per heavy atom. The molecule has 16 atom stereocenters. The molecule has 55 heavy (non-hydrogen) atoms. The number of hydrogen-bond acceptors (Lipinski definition) is 17. The molecule has 2 aliphatic rings. The van der Waals surface area contributed by atoms with E-state index in [1.165, 1.54) is 13.8 Å². The number of carbonyl (C=O) groups is 2. The first-order valence-electron chi connectivity index (χ1n) is 18.8. The SMILES string of the molecule is COC(O)C(O)COP(=O)([O-])OCC(O)CP(=O)(O)OCC1OC(COCC2CC(COCC(COC(C)=O)OC(C)=O)C(C)C(C)C2C)C(C)C(C)C1C. The first-order chi connectivity index (χ1) is 25.6. The van der Waals surface area contributed by atoms with Gasteiger partial charge >= 0.3 is 19.5 Å². The molecule has 0 aromatic heterocycles. The van der Waals surface area contributed by atoms with Crippen LogP contribution in [0.4, 0.5) is 0 Å². The molecule has 18 nitrogen and oxygen atoms in total. The lowest BCUT2D eigenvalue weighted by molar-refractivity contribution is -0.233. The molecule has 0 spiro atoms. The zero-order chi connectivity index (χ0) is 41.7. The van der Waals surface area contributed by atoms with Crippen LogP contribution >= 0.6 is 15.4 Å². The highest BCUT2D eigenvalue weighted by Crippen LogP contribution is 2.46. The Morgan fingerprint density at radius 2 is 1.27 bits per heavy atom. The molecule has 4 N–H and O–H groups in total. The van der Waals surface area contributed by atoms with Gasteiger partial charge in [0.25, 0.3) is 7.82 Å². The second-order valence-electron chi connectivity index (χ2n) is 15.2. The van der Waals surface area contributed by atoms with Gasteiger partial charge in [-0.1, -0.05) is 41.5 Å². The van der Waals surface area contributed by atoms with Crippen LogP contribution in [0.5, 0.6) is 0 Å². The predicted octanol–water partition coefficient (Wildman–Crippen LogP) is 2.12. The molecule has 20 heteroatoms. The largest absolute Gasteiger partial charge is 0.756 e. The zero-order valence-electron chi connectivity index (χ0n) is 33.6. The third-order valence-electron chi connectivity index (χ3n) is 11.3. The predicted molar refractivity (Wildman–Crippen MR) is 194 cm³/mol. The number of methoxy groups -OCH3 is 1. The van der Waals surface area contributed by atoms with E-state index in [4.69, 9.17) is 28.2 Å². The lowest BCUT2D eigenvalue weighted by Crippen LogP contribution is -2.48. The van der Waals surface area contributed by atoms with Gasteiger partial charge in [0.2, 0.25) is 0 Å². The van der Waals surface area contributed by atoms with E-state index in [0.29, 0.717) is 37.6 Å². The average Bonchev–Trinajstić information content (AvgIpc) is 3.11. The van der Waals surface area contributed by atoms with Crippen LogP contribution in [0.25, 0.3) is 0 Å². The maximum atomic E-state index is 12.8. The third-order valence-corrected chi connectivity index (χ3v) is 13.6. The van der Waals surface area contributed by atoms with Crippen LogP contribution < -0.4 is 4.89 Å². The quantitative estimate of drug-likeness (QED) is 0.0617. The van der Waals surface area contributed by atoms with Crippen molar-refractivity contribution in [2.24, 2.45) is 47.3 Å². The molecule has 0 aromatic rings. The Bertz CT molecular complexity index is 1260. The maximum absolute atomic E-state index is 12.8. The number of esters is 2. The summed E-state index contributed by atoms with van der Waals surface area (Å²) in [5, 5.41) is 29.1. The Kier molecular flexibility index (Phi) is 21.4. The monoisotopic (exact) mass is 835 g/mol. The van der Waals surface area contributed by atoms with Gasteiger partial charge in [-0.05, 0) is 53.8 Å². The summed E-state index contributed by atoms with van der Waals surface area (Å²) >= 11 is 0. The van der Waals surface area contributed by atoms with Crippen LogP contribution in [0.3, 0.4) is 0 Å². The molecule has 0 aromatic carbocycles. The van der Waals surface area contributed by atoms with Crippen molar-refractivity contribution in [1.82, 2.24) is 0 Å². The minimum absolute atomic E-state index is 0.0501. The number of ether oxygens (including phenoxy) is 6. The van der Waals surface area contributed by atoms with E-state index in [1.54, 1.807) is 0 Å². The summed E-state index contributed by atoms with van der Waals surface area (Å²) < 4.78 is 72.5. The van der Waals surface area contributed by atoms with Crippen LogP contribution in [0.1, 0.15) is 61.8 Å². The number of rotatable bonds is 24. The summed E-state index contributed by atoms with van der Waals surface area (Å²) in [6.07, 6.45) is -6.65. The molecule has 16 unspecified atom stereocenters. The van der Waals surface area contributed by atoms with Crippen LogP contribution in [0.2, 0.25) is 0 Å². The Balaban J connectivity index is 1.88. The number of aliphatic hydroxyl groups excluding tert-OH is 3. The van der Waals surface area contributed by atoms with E-state index in [1.807, 2.05) is 6.92 Å². The fraction of sp³-hybridized carbons (Fsp3) is 0.943. The smallest absolute Gasteiger partial charge is 0.330 e. The number of carbonyl (C=O) groups excluding carboxylic acids is 2. The summed E-state index contributed by atoms with van der Waals surface area (Å²) in [4.78, 5) is 45.1. The highest BCUT2D eigenvalue weighted by Gasteiger charge is 2.42. The number of phosphoric acid groups is 1. The van der Waals surface area contributed by atoms with Crippen molar-refractivity contribution in [2.45, 2.75) is 98.6 Å². The summed E-state index contributed by atoms with van der Waals surface area (Å²) in [7, 11) is -8.39. The van der Waals surface area contributed by atoms with Crippen LogP contribution in [0, 0.1) is 47.3 Å². The molecular weight excluding hydrogens is 770 g/mol. The van der Waals surface area contributed by atoms with Gasteiger partial charge in [-0.25, -0.2) is 0 Å². The second-order valence-corrected chi connectivity index (χ2v) is 18.5. The fourth-order valence-corrected chi connectivity index (χ4v) is 8.92. The standard InChI is InChI=1S/C35H66O18P2/c1-20-22(3)28(11-46-14-31(52-27(8)37)15-48-26(7)36)10-29(23(20)4)12-47-17-33-24(5)21(2)25(6)34(53-33)18-49-54(41,42)19-30(38)13-50-55(43,44)51-16-32(39)35(40)45-9/h20-25,28-35,38-40H,10-19H2,1-9H3,(H,41,42)(H,43,44)/p-1. The Hall–Kier alpha value is -1.08. The van der Waals surface area contributed by atoms with Gasteiger partial charge in [-0.2, -0.15) is 0 Å². The van der Waals surface area contributed by atoms with Gasteiger partial charge in [0.1, 0.15) is 12.7 Å². The normalized spacial score (nSPS) is 33.1. The lowest BCUT2D eigenvalue weighted by atomic mass is 9.64. The lowest BCUT2D eigenvalue weighted by Gasteiger charge is -2.45. The molecule has 2 rings (SSSR count). The molecule has 1 heterocycles. The highest BCUT2D eigenvalue weighted by atomic mass is 31.2. The number of hydrogen-bond donors (Lipinski definition) is 4. The molecule has 0 radical (unpaired) electrons. The minimum atomic E-state index is -5.04. The third kappa shape index (κ3) is 17.4. The van der Waals surface area contributed by atoms with Gasteiger partial charge in [0.15, 0.2) is 12.4 Å². The van der Waals surface area contributed by atoms with Crippen molar-refractivity contribution in [2.75, 3.05) is 66.1 Å². The Morgan fingerprint density at radius 1 is 0.727 bits per heavy atom. The number of phosphoric ester groups is 1. The van der Waals surface area contributed by atoms with E-state index in [-0.39, 0.29) is 55.5 Å². The van der Waals surface area contributed by atoms with E-state index in [0.717, 1.165) is 13.5 Å². The van der Waals surface area contributed by atoms with E-state index >= 15 is 0 Å². The van der Waals surface area contributed by atoms with Crippen molar-refractivity contribution >= 4 is 27.4 Å². The van der Waals surface area contributed by atoms with Crippen molar-refractivity contribution < 1.29 is 85.8 Å². The van der Waals surface area contributed by atoms with E-state index < -0.39 is 77.4 Å². The second kappa shape index (κ2) is 23.5. The highest BCUT2D eigenvalue weighted by molar-refractivity contribution is 7.52. The summed E-state index contributed by atoms with van der Waals surface area (Å²) in [6, 6.07) is 0. The molecule has 1 aliphatic heterocycles. The van der Waals surface area contributed by atoms with Gasteiger partial charge in [-0.15, -0.1) is 0 Å². The topological polar surface area (TPSA) is 255 Å². The zero-order valence-corrected chi connectivity index (χ0v) is 35.3. The maximum Gasteiger partial charge on any atom is 0.330 e. The van der Waals surface area contributed by atoms with Gasteiger partial charge < -0.3 is 67.1 Å². The van der Waals surface area contributed by atoms with Gasteiger partial charge in [0.05, 0.1) is 57.5 Å². The Labute approximate surface area is 324 Å². The van der Waals surface area contributed by atoms with Crippen molar-refractivity contribution in [3.63, 3.8) is 0 Å². The molecule has 2 fully saturated rings. The van der Waals surface area contributed by atoms with Crippen LogP contribution in [-0.4, -0.2) is 135 Å². The van der Waals surface area contributed by atoms with Crippen molar-refractivity contribution in [3.8, 4) is 0 Å². The molecule has 1 saturated heterocycles. The molecule has 1 saturated carbocycles.